The standard InChI is InChI=1S/C11H24N4O/c1-5-7-13-9(16)6-8-14-10(12)15-11(2,3)4/h5-8H2,1-4H3,(H,13,16)(H3,12,14,15). The predicted molar refractivity (Wildman–Crippen MR) is 67.3 cm³/mol. The van der Waals surface area contributed by atoms with E-state index in [1.165, 1.54) is 0 Å². The predicted octanol–water partition coefficient (Wildman–Crippen LogP) is 0.606. The second kappa shape index (κ2) is 7.09. The monoisotopic (exact) mass is 228 g/mol. The van der Waals surface area contributed by atoms with E-state index in [0.717, 1.165) is 13.0 Å². The topological polar surface area (TPSA) is 79.5 Å². The fourth-order valence-electron chi connectivity index (χ4n) is 1.05. The van der Waals surface area contributed by atoms with Gasteiger partial charge in [0.1, 0.15) is 0 Å². The van der Waals surface area contributed by atoms with E-state index in [1.54, 1.807) is 0 Å². The van der Waals surface area contributed by atoms with Crippen LogP contribution in [-0.2, 0) is 4.79 Å². The number of hydrogen-bond acceptors (Lipinski definition) is 2. The molecule has 0 aliphatic rings. The maximum Gasteiger partial charge on any atom is 0.221 e. The molecule has 5 nitrogen and oxygen atoms in total. The third-order valence-electron chi connectivity index (χ3n) is 1.70. The Kier molecular flexibility index (Phi) is 6.53. The van der Waals surface area contributed by atoms with Crippen LogP contribution in [0, 0.1) is 0 Å². The van der Waals surface area contributed by atoms with Gasteiger partial charge in [0, 0.05) is 18.5 Å². The summed E-state index contributed by atoms with van der Waals surface area (Å²) in [4.78, 5) is 15.3. The second-order valence-corrected chi connectivity index (χ2v) is 4.74. The number of rotatable bonds is 5. The number of hydrogen-bond donors (Lipinski definition) is 3. The Bertz CT molecular complexity index is 243. The van der Waals surface area contributed by atoms with E-state index < -0.39 is 0 Å². The third-order valence-corrected chi connectivity index (χ3v) is 1.70. The van der Waals surface area contributed by atoms with Crippen molar-refractivity contribution >= 4 is 11.9 Å². The van der Waals surface area contributed by atoms with Crippen LogP contribution in [0.25, 0.3) is 0 Å². The zero-order valence-corrected chi connectivity index (χ0v) is 10.8. The Hall–Kier alpha value is -1.26. The maximum atomic E-state index is 11.2. The Morgan fingerprint density at radius 3 is 2.50 bits per heavy atom. The van der Waals surface area contributed by atoms with Crippen LogP contribution >= 0.6 is 0 Å². The number of amides is 1. The molecule has 0 fully saturated rings. The molecule has 0 rings (SSSR count). The zero-order valence-electron chi connectivity index (χ0n) is 10.8. The van der Waals surface area contributed by atoms with Crippen LogP contribution in [0.3, 0.4) is 0 Å². The molecule has 0 unspecified atom stereocenters. The van der Waals surface area contributed by atoms with Crippen LogP contribution in [0.2, 0.25) is 0 Å². The molecule has 5 heteroatoms. The highest BCUT2D eigenvalue weighted by Gasteiger charge is 2.09. The normalized spacial score (nSPS) is 12.4. The molecule has 0 heterocycles. The van der Waals surface area contributed by atoms with E-state index in [1.807, 2.05) is 27.7 Å². The van der Waals surface area contributed by atoms with Crippen LogP contribution in [0.15, 0.2) is 4.99 Å². The molecular weight excluding hydrogens is 204 g/mol. The lowest BCUT2D eigenvalue weighted by Crippen LogP contribution is -2.45. The van der Waals surface area contributed by atoms with Crippen molar-refractivity contribution in [3.63, 3.8) is 0 Å². The fraction of sp³-hybridized carbons (Fsp3) is 0.818. The Balaban J connectivity index is 3.78. The molecule has 0 radical (unpaired) electrons. The van der Waals surface area contributed by atoms with Crippen LogP contribution in [0.5, 0.6) is 0 Å². The molecule has 0 saturated carbocycles. The molecule has 0 aliphatic carbocycles. The highest BCUT2D eigenvalue weighted by molar-refractivity contribution is 5.79. The molecule has 0 atom stereocenters. The number of carbonyl (C=O) groups excluding carboxylic acids is 1. The van der Waals surface area contributed by atoms with Gasteiger partial charge < -0.3 is 16.4 Å². The summed E-state index contributed by atoms with van der Waals surface area (Å²) < 4.78 is 0. The van der Waals surface area contributed by atoms with E-state index in [-0.39, 0.29) is 11.4 Å². The van der Waals surface area contributed by atoms with Gasteiger partial charge in [0.05, 0.1) is 6.54 Å². The van der Waals surface area contributed by atoms with E-state index in [4.69, 9.17) is 5.73 Å². The summed E-state index contributed by atoms with van der Waals surface area (Å²) in [6.07, 6.45) is 1.33. The van der Waals surface area contributed by atoms with Gasteiger partial charge in [-0.15, -0.1) is 0 Å². The highest BCUT2D eigenvalue weighted by Crippen LogP contribution is 1.96. The largest absolute Gasteiger partial charge is 0.370 e. The molecule has 0 aromatic rings. The van der Waals surface area contributed by atoms with Gasteiger partial charge >= 0.3 is 0 Å². The van der Waals surface area contributed by atoms with Gasteiger partial charge in [-0.2, -0.15) is 0 Å². The summed E-state index contributed by atoms with van der Waals surface area (Å²) >= 11 is 0. The van der Waals surface area contributed by atoms with Crippen molar-refractivity contribution < 1.29 is 4.79 Å². The van der Waals surface area contributed by atoms with E-state index in [0.29, 0.717) is 18.9 Å². The molecule has 4 N–H and O–H groups in total. The van der Waals surface area contributed by atoms with Crippen LogP contribution < -0.4 is 16.4 Å². The van der Waals surface area contributed by atoms with E-state index in [9.17, 15) is 4.79 Å². The smallest absolute Gasteiger partial charge is 0.221 e. The minimum atomic E-state index is -0.0992. The third kappa shape index (κ3) is 9.30. The zero-order chi connectivity index (χ0) is 12.6. The Morgan fingerprint density at radius 2 is 2.00 bits per heavy atom. The van der Waals surface area contributed by atoms with Gasteiger partial charge in [0.15, 0.2) is 5.96 Å². The number of guanidine groups is 1. The maximum absolute atomic E-state index is 11.2. The first kappa shape index (κ1) is 14.7. The molecular formula is C11H24N4O. The minimum absolute atomic E-state index is 0.0224. The molecule has 0 aromatic heterocycles. The number of nitrogens with one attached hydrogen (secondary N) is 2. The minimum Gasteiger partial charge on any atom is -0.370 e. The van der Waals surface area contributed by atoms with Crippen molar-refractivity contribution in [2.45, 2.75) is 46.1 Å². The summed E-state index contributed by atoms with van der Waals surface area (Å²) in [6, 6.07) is 0. The first-order valence-electron chi connectivity index (χ1n) is 5.70. The number of nitrogens with zero attached hydrogens (tertiary/aromatic N) is 1. The Morgan fingerprint density at radius 1 is 1.38 bits per heavy atom. The van der Waals surface area contributed by atoms with Gasteiger partial charge in [0.25, 0.3) is 0 Å². The Labute approximate surface area is 97.9 Å². The van der Waals surface area contributed by atoms with Crippen LogP contribution in [0.1, 0.15) is 40.5 Å². The van der Waals surface area contributed by atoms with Crippen LogP contribution in [0.4, 0.5) is 0 Å². The molecule has 0 aliphatic heterocycles. The van der Waals surface area contributed by atoms with Crippen molar-refractivity contribution in [2.24, 2.45) is 10.7 Å². The average molecular weight is 228 g/mol. The van der Waals surface area contributed by atoms with Gasteiger partial charge in [0.2, 0.25) is 5.91 Å². The molecule has 1 amide bonds. The fourth-order valence-corrected chi connectivity index (χ4v) is 1.05. The van der Waals surface area contributed by atoms with Gasteiger partial charge in [-0.05, 0) is 27.2 Å². The molecule has 16 heavy (non-hydrogen) atoms. The summed E-state index contributed by atoms with van der Waals surface area (Å²) in [5, 5.41) is 5.82. The molecule has 0 bridgehead atoms. The van der Waals surface area contributed by atoms with Gasteiger partial charge in [-0.3, -0.25) is 9.79 Å². The lowest BCUT2D eigenvalue weighted by Gasteiger charge is -2.20. The first-order chi connectivity index (χ1) is 7.35. The summed E-state index contributed by atoms with van der Waals surface area (Å²) in [5.41, 5.74) is 5.55. The van der Waals surface area contributed by atoms with Crippen molar-refractivity contribution in [3.8, 4) is 0 Å². The lowest BCUT2D eigenvalue weighted by atomic mass is 10.1. The van der Waals surface area contributed by atoms with Crippen molar-refractivity contribution in [1.29, 1.82) is 0 Å². The molecule has 0 spiro atoms. The lowest BCUT2D eigenvalue weighted by molar-refractivity contribution is -0.120. The number of nitrogens with two attached hydrogens (primary N) is 1. The molecule has 94 valence electrons. The van der Waals surface area contributed by atoms with Gasteiger partial charge in [-0.25, -0.2) is 0 Å². The van der Waals surface area contributed by atoms with E-state index >= 15 is 0 Å². The SMILES string of the molecule is CCCNC(=O)CCN=C(N)NC(C)(C)C. The molecule has 0 aromatic carbocycles. The van der Waals surface area contributed by atoms with Gasteiger partial charge in [-0.1, -0.05) is 6.92 Å². The average Bonchev–Trinajstić information content (AvgIpc) is 2.11. The van der Waals surface area contributed by atoms with Crippen molar-refractivity contribution in [3.05, 3.63) is 0 Å². The number of carbonyl (C=O) groups is 1. The van der Waals surface area contributed by atoms with E-state index in [2.05, 4.69) is 15.6 Å². The summed E-state index contributed by atoms with van der Waals surface area (Å²) in [5.74, 6) is 0.407. The quantitative estimate of drug-likeness (QED) is 0.476. The molecule has 0 saturated heterocycles. The van der Waals surface area contributed by atoms with Crippen molar-refractivity contribution in [1.82, 2.24) is 10.6 Å². The van der Waals surface area contributed by atoms with Crippen molar-refractivity contribution in [2.75, 3.05) is 13.1 Å². The van der Waals surface area contributed by atoms with Crippen LogP contribution in [-0.4, -0.2) is 30.5 Å². The highest BCUT2D eigenvalue weighted by atomic mass is 16.1. The summed E-state index contributed by atoms with van der Waals surface area (Å²) in [7, 11) is 0. The summed E-state index contributed by atoms with van der Waals surface area (Å²) in [6.45, 7) is 9.17. The second-order valence-electron chi connectivity index (χ2n) is 4.74. The number of aliphatic imine (C=N–C) groups is 1. The first-order valence-corrected chi connectivity index (χ1v) is 5.70.